The Bertz CT molecular complexity index is 354. The molecular formula is C14H18O. The van der Waals surface area contributed by atoms with Crippen LogP contribution in [0.25, 0.3) is 0 Å². The zero-order chi connectivity index (χ0) is 10.7. The highest BCUT2D eigenvalue weighted by Crippen LogP contribution is 2.27. The molecule has 0 aromatic heterocycles. The summed E-state index contributed by atoms with van der Waals surface area (Å²) in [5.41, 5.74) is 2.23. The maximum absolute atomic E-state index is 11.9. The van der Waals surface area contributed by atoms with Crippen LogP contribution in [-0.2, 0) is 6.42 Å². The lowest BCUT2D eigenvalue weighted by molar-refractivity contribution is 0.0977. The minimum Gasteiger partial charge on any atom is -0.294 e. The second-order valence-electron chi connectivity index (χ2n) is 4.48. The van der Waals surface area contributed by atoms with Gasteiger partial charge in [-0.15, -0.1) is 0 Å². The number of Topliss-reactive ketones (excluding diaryl/α,β-unsaturated/α-hetero) is 1. The summed E-state index contributed by atoms with van der Waals surface area (Å²) in [6.45, 7) is 2.22. The van der Waals surface area contributed by atoms with Crippen molar-refractivity contribution in [3.63, 3.8) is 0 Å². The fourth-order valence-electron chi connectivity index (χ4n) is 2.51. The topological polar surface area (TPSA) is 17.1 Å². The Labute approximate surface area is 91.5 Å². The van der Waals surface area contributed by atoms with Crippen LogP contribution in [-0.4, -0.2) is 5.78 Å². The molecule has 0 saturated carbocycles. The van der Waals surface area contributed by atoms with E-state index in [0.29, 0.717) is 11.7 Å². The largest absolute Gasteiger partial charge is 0.294 e. The lowest BCUT2D eigenvalue weighted by Gasteiger charge is -2.12. The Balaban J connectivity index is 2.25. The highest BCUT2D eigenvalue weighted by Gasteiger charge is 2.20. The van der Waals surface area contributed by atoms with Gasteiger partial charge < -0.3 is 0 Å². The predicted molar refractivity (Wildman–Crippen MR) is 62.1 cm³/mol. The van der Waals surface area contributed by atoms with E-state index in [0.717, 1.165) is 24.8 Å². The number of ketones is 1. The molecule has 1 nitrogen and oxygen atoms in total. The Morgan fingerprint density at radius 2 is 2.13 bits per heavy atom. The monoisotopic (exact) mass is 202 g/mol. The lowest BCUT2D eigenvalue weighted by Crippen LogP contribution is -2.02. The summed E-state index contributed by atoms with van der Waals surface area (Å²) in [7, 11) is 0. The van der Waals surface area contributed by atoms with Crippen LogP contribution >= 0.6 is 0 Å². The van der Waals surface area contributed by atoms with Crippen LogP contribution in [0.2, 0.25) is 0 Å². The van der Waals surface area contributed by atoms with Gasteiger partial charge in [0.1, 0.15) is 0 Å². The van der Waals surface area contributed by atoms with Gasteiger partial charge in [0.2, 0.25) is 0 Å². The van der Waals surface area contributed by atoms with Crippen LogP contribution < -0.4 is 0 Å². The van der Waals surface area contributed by atoms with E-state index < -0.39 is 0 Å². The number of benzene rings is 1. The Morgan fingerprint density at radius 1 is 1.33 bits per heavy atom. The van der Waals surface area contributed by atoms with E-state index >= 15 is 0 Å². The van der Waals surface area contributed by atoms with Crippen molar-refractivity contribution < 1.29 is 4.79 Å². The van der Waals surface area contributed by atoms with Crippen LogP contribution in [0.5, 0.6) is 0 Å². The first-order valence-corrected chi connectivity index (χ1v) is 5.92. The first-order chi connectivity index (χ1) is 7.31. The number of hydrogen-bond acceptors (Lipinski definition) is 1. The number of carbonyl (C=O) groups excluding carboxylic acids is 1. The van der Waals surface area contributed by atoms with Gasteiger partial charge in [-0.05, 0) is 24.3 Å². The third-order valence-corrected chi connectivity index (χ3v) is 3.30. The Kier molecular flexibility index (Phi) is 3.20. The number of hydrogen-bond donors (Lipinski definition) is 0. The molecule has 0 spiro atoms. The maximum Gasteiger partial charge on any atom is 0.163 e. The summed E-state index contributed by atoms with van der Waals surface area (Å²) in [4.78, 5) is 11.9. The summed E-state index contributed by atoms with van der Waals surface area (Å²) in [5.74, 6) is 1.05. The van der Waals surface area contributed by atoms with Crippen molar-refractivity contribution in [1.82, 2.24) is 0 Å². The average molecular weight is 202 g/mol. The molecule has 0 aliphatic heterocycles. The highest BCUT2D eigenvalue weighted by atomic mass is 16.1. The Morgan fingerprint density at radius 3 is 2.93 bits per heavy atom. The van der Waals surface area contributed by atoms with Crippen molar-refractivity contribution in [2.45, 2.75) is 39.0 Å². The van der Waals surface area contributed by atoms with E-state index in [4.69, 9.17) is 0 Å². The normalized spacial score (nSPS) is 20.9. The van der Waals surface area contributed by atoms with Crippen molar-refractivity contribution in [2.75, 3.05) is 0 Å². The van der Waals surface area contributed by atoms with Crippen LogP contribution in [0.3, 0.4) is 0 Å². The molecule has 2 rings (SSSR count). The van der Waals surface area contributed by atoms with Gasteiger partial charge >= 0.3 is 0 Å². The van der Waals surface area contributed by atoms with Gasteiger partial charge in [-0.1, -0.05) is 44.0 Å². The quantitative estimate of drug-likeness (QED) is 0.669. The molecule has 0 saturated heterocycles. The fourth-order valence-corrected chi connectivity index (χ4v) is 2.51. The summed E-state index contributed by atoms with van der Waals surface area (Å²) < 4.78 is 0. The van der Waals surface area contributed by atoms with Crippen molar-refractivity contribution >= 4 is 5.78 Å². The zero-order valence-electron chi connectivity index (χ0n) is 9.33. The van der Waals surface area contributed by atoms with E-state index in [2.05, 4.69) is 13.0 Å². The molecular weight excluding hydrogens is 184 g/mol. The predicted octanol–water partition coefficient (Wildman–Crippen LogP) is 3.62. The van der Waals surface area contributed by atoms with Gasteiger partial charge in [-0.3, -0.25) is 4.79 Å². The second kappa shape index (κ2) is 4.61. The molecule has 1 aliphatic rings. The molecule has 15 heavy (non-hydrogen) atoms. The van der Waals surface area contributed by atoms with E-state index in [1.54, 1.807) is 0 Å². The zero-order valence-corrected chi connectivity index (χ0v) is 9.33. The molecule has 1 atom stereocenters. The van der Waals surface area contributed by atoms with Crippen molar-refractivity contribution in [3.05, 3.63) is 35.4 Å². The van der Waals surface area contributed by atoms with E-state index in [1.807, 2.05) is 18.2 Å². The van der Waals surface area contributed by atoms with E-state index in [1.165, 1.54) is 18.4 Å². The molecule has 0 amide bonds. The summed E-state index contributed by atoms with van der Waals surface area (Å²) in [5, 5.41) is 0. The molecule has 1 aromatic carbocycles. The number of rotatable bonds is 2. The fraction of sp³-hybridized carbons (Fsp3) is 0.500. The molecule has 1 aromatic rings. The van der Waals surface area contributed by atoms with Gasteiger partial charge in [0.25, 0.3) is 0 Å². The van der Waals surface area contributed by atoms with Crippen molar-refractivity contribution in [1.29, 1.82) is 0 Å². The maximum atomic E-state index is 11.9. The van der Waals surface area contributed by atoms with Crippen LogP contribution in [0.4, 0.5) is 0 Å². The molecule has 0 N–H and O–H groups in total. The third-order valence-electron chi connectivity index (χ3n) is 3.30. The second-order valence-corrected chi connectivity index (χ2v) is 4.48. The average Bonchev–Trinajstić information content (AvgIpc) is 2.40. The molecule has 1 heteroatoms. The SMILES string of the molecule is CCCC1CCC(=O)c2ccccc2C1. The molecule has 1 unspecified atom stereocenters. The molecule has 80 valence electrons. The first-order valence-electron chi connectivity index (χ1n) is 5.92. The minimum absolute atomic E-state index is 0.337. The van der Waals surface area contributed by atoms with Crippen LogP contribution in [0, 0.1) is 5.92 Å². The number of carbonyl (C=O) groups is 1. The van der Waals surface area contributed by atoms with Crippen molar-refractivity contribution in [3.8, 4) is 0 Å². The molecule has 0 heterocycles. The van der Waals surface area contributed by atoms with E-state index in [-0.39, 0.29) is 0 Å². The van der Waals surface area contributed by atoms with E-state index in [9.17, 15) is 4.79 Å². The highest BCUT2D eigenvalue weighted by molar-refractivity contribution is 5.97. The van der Waals surface area contributed by atoms with Gasteiger partial charge in [0, 0.05) is 12.0 Å². The molecule has 0 fully saturated rings. The summed E-state index contributed by atoms with van der Waals surface area (Å²) in [6.07, 6.45) is 5.38. The standard InChI is InChI=1S/C14H18O/c1-2-5-11-8-9-14(15)13-7-4-3-6-12(13)10-11/h3-4,6-7,11H,2,5,8-10H2,1H3. The summed E-state index contributed by atoms with van der Waals surface area (Å²) >= 11 is 0. The van der Waals surface area contributed by atoms with Crippen LogP contribution in [0.1, 0.15) is 48.5 Å². The minimum atomic E-state index is 0.337. The Hall–Kier alpha value is -1.11. The van der Waals surface area contributed by atoms with Gasteiger partial charge in [-0.25, -0.2) is 0 Å². The van der Waals surface area contributed by atoms with Gasteiger partial charge in [0.05, 0.1) is 0 Å². The lowest BCUT2D eigenvalue weighted by atomic mass is 9.93. The summed E-state index contributed by atoms with van der Waals surface area (Å²) in [6, 6.07) is 8.10. The number of fused-ring (bicyclic) bond motifs is 1. The molecule has 0 radical (unpaired) electrons. The smallest absolute Gasteiger partial charge is 0.163 e. The van der Waals surface area contributed by atoms with Crippen molar-refractivity contribution in [2.24, 2.45) is 5.92 Å². The van der Waals surface area contributed by atoms with Crippen LogP contribution in [0.15, 0.2) is 24.3 Å². The van der Waals surface area contributed by atoms with Gasteiger partial charge in [0.15, 0.2) is 5.78 Å². The first kappa shape index (κ1) is 10.4. The molecule has 0 bridgehead atoms. The molecule has 1 aliphatic carbocycles. The van der Waals surface area contributed by atoms with Gasteiger partial charge in [-0.2, -0.15) is 0 Å². The third kappa shape index (κ3) is 2.28.